The predicted molar refractivity (Wildman–Crippen MR) is 81.5 cm³/mol. The minimum absolute atomic E-state index is 0.0201. The van der Waals surface area contributed by atoms with Crippen molar-refractivity contribution in [3.05, 3.63) is 62.8 Å². The van der Waals surface area contributed by atoms with Gasteiger partial charge in [-0.3, -0.25) is 10.1 Å². The number of non-ortho nitro benzene ring substituents is 1. The van der Waals surface area contributed by atoms with Gasteiger partial charge in [0.1, 0.15) is 17.4 Å². The molecule has 124 valence electrons. The maximum absolute atomic E-state index is 12.3. The summed E-state index contributed by atoms with van der Waals surface area (Å²) in [6.07, 6.45) is 0. The molecule has 8 nitrogen and oxygen atoms in total. The fourth-order valence-corrected chi connectivity index (χ4v) is 2.46. The molecule has 2 rings (SSSR count). The number of hydrogen-bond donors (Lipinski definition) is 1. The van der Waals surface area contributed by atoms with E-state index < -0.39 is 22.8 Å². The van der Waals surface area contributed by atoms with Gasteiger partial charge in [0.2, 0.25) is 0 Å². The Labute approximate surface area is 137 Å². The van der Waals surface area contributed by atoms with Gasteiger partial charge in [0.05, 0.1) is 23.0 Å². The zero-order chi connectivity index (χ0) is 17.9. The van der Waals surface area contributed by atoms with Crippen LogP contribution in [0, 0.1) is 21.4 Å². The Morgan fingerprint density at radius 2 is 2.25 bits per heavy atom. The Morgan fingerprint density at radius 1 is 1.54 bits per heavy atom. The molecule has 0 radical (unpaired) electrons. The SMILES string of the molecule is CCOC(=O)C1=C(C)OC(O)=C(C#N)C1c1cccc([N+](=O)[O-])c1. The maximum atomic E-state index is 12.3. The van der Waals surface area contributed by atoms with E-state index in [-0.39, 0.29) is 29.2 Å². The number of hydrogen-bond acceptors (Lipinski definition) is 7. The first-order valence-corrected chi connectivity index (χ1v) is 7.04. The summed E-state index contributed by atoms with van der Waals surface area (Å²) in [5.74, 6) is -2.30. The Morgan fingerprint density at radius 3 is 2.83 bits per heavy atom. The lowest BCUT2D eigenvalue weighted by Crippen LogP contribution is -2.23. The number of nitro benzene ring substituents is 1. The summed E-state index contributed by atoms with van der Waals surface area (Å²) in [6, 6.07) is 7.29. The van der Waals surface area contributed by atoms with Crippen molar-refractivity contribution in [1.82, 2.24) is 0 Å². The number of rotatable bonds is 4. The summed E-state index contributed by atoms with van der Waals surface area (Å²) in [6.45, 7) is 3.17. The van der Waals surface area contributed by atoms with Gasteiger partial charge in [0.15, 0.2) is 0 Å². The molecule has 0 aliphatic carbocycles. The number of esters is 1. The van der Waals surface area contributed by atoms with Crippen LogP contribution in [0.5, 0.6) is 0 Å². The molecule has 0 saturated carbocycles. The van der Waals surface area contributed by atoms with Crippen molar-refractivity contribution in [2.24, 2.45) is 0 Å². The predicted octanol–water partition coefficient (Wildman–Crippen LogP) is 2.84. The van der Waals surface area contributed by atoms with E-state index in [1.165, 1.54) is 31.2 Å². The Hall–Kier alpha value is -3.34. The number of carbonyl (C=O) groups is 1. The molecule has 1 heterocycles. The number of aliphatic hydroxyl groups excluding tert-OH is 1. The summed E-state index contributed by atoms with van der Waals surface area (Å²) in [7, 11) is 0. The van der Waals surface area contributed by atoms with Crippen LogP contribution >= 0.6 is 0 Å². The Kier molecular flexibility index (Phi) is 4.84. The van der Waals surface area contributed by atoms with Gasteiger partial charge in [-0.25, -0.2) is 4.79 Å². The number of carbonyl (C=O) groups excluding carboxylic acids is 1. The van der Waals surface area contributed by atoms with E-state index in [9.17, 15) is 25.3 Å². The standard InChI is InChI=1S/C16H14N2O6/c1-3-23-16(20)13-9(2)24-15(19)12(8-17)14(13)10-5-4-6-11(7-10)18(21)22/h4-7,14,19H,3H2,1-2H3. The van der Waals surface area contributed by atoms with Gasteiger partial charge in [0, 0.05) is 12.1 Å². The van der Waals surface area contributed by atoms with Crippen LogP contribution in [0.2, 0.25) is 0 Å². The van der Waals surface area contributed by atoms with Crippen LogP contribution in [0.4, 0.5) is 5.69 Å². The number of allylic oxidation sites excluding steroid dienone is 2. The zero-order valence-electron chi connectivity index (χ0n) is 13.0. The lowest BCUT2D eigenvalue weighted by Gasteiger charge is -2.25. The normalized spacial score (nSPS) is 17.1. The van der Waals surface area contributed by atoms with Crippen molar-refractivity contribution in [3.63, 3.8) is 0 Å². The van der Waals surface area contributed by atoms with Crippen LogP contribution in [0.25, 0.3) is 0 Å². The van der Waals surface area contributed by atoms with Crippen molar-refractivity contribution in [3.8, 4) is 6.07 Å². The smallest absolute Gasteiger partial charge is 0.338 e. The molecule has 1 aromatic carbocycles. The van der Waals surface area contributed by atoms with Crippen molar-refractivity contribution in [2.75, 3.05) is 6.61 Å². The molecule has 1 aliphatic heterocycles. The Balaban J connectivity index is 2.65. The highest BCUT2D eigenvalue weighted by Gasteiger charge is 2.37. The number of nitriles is 1. The van der Waals surface area contributed by atoms with Gasteiger partial charge in [-0.15, -0.1) is 0 Å². The molecule has 8 heteroatoms. The number of aliphatic hydroxyl groups is 1. The fourth-order valence-electron chi connectivity index (χ4n) is 2.46. The molecule has 24 heavy (non-hydrogen) atoms. The van der Waals surface area contributed by atoms with Crippen molar-refractivity contribution < 1.29 is 24.3 Å². The van der Waals surface area contributed by atoms with Gasteiger partial charge in [0.25, 0.3) is 11.6 Å². The van der Waals surface area contributed by atoms with Gasteiger partial charge in [-0.1, -0.05) is 12.1 Å². The molecule has 0 amide bonds. The van der Waals surface area contributed by atoms with Crippen molar-refractivity contribution in [1.29, 1.82) is 5.26 Å². The lowest BCUT2D eigenvalue weighted by atomic mass is 9.83. The first-order chi connectivity index (χ1) is 11.4. The van der Waals surface area contributed by atoms with E-state index >= 15 is 0 Å². The van der Waals surface area contributed by atoms with Crippen molar-refractivity contribution >= 4 is 11.7 Å². The monoisotopic (exact) mass is 330 g/mol. The third-order valence-electron chi connectivity index (χ3n) is 3.47. The third kappa shape index (κ3) is 3.05. The average molecular weight is 330 g/mol. The number of benzene rings is 1. The first kappa shape index (κ1) is 17.0. The van der Waals surface area contributed by atoms with E-state index in [0.29, 0.717) is 5.56 Å². The minimum atomic E-state index is -1.01. The number of nitrogens with zero attached hydrogens (tertiary/aromatic N) is 2. The fraction of sp³-hybridized carbons (Fsp3) is 0.250. The highest BCUT2D eigenvalue weighted by Crippen LogP contribution is 2.40. The quantitative estimate of drug-likeness (QED) is 0.511. The Bertz CT molecular complexity index is 803. The van der Waals surface area contributed by atoms with Crippen LogP contribution in [0.1, 0.15) is 25.3 Å². The van der Waals surface area contributed by atoms with Crippen LogP contribution in [-0.4, -0.2) is 22.6 Å². The van der Waals surface area contributed by atoms with E-state index in [1.807, 2.05) is 0 Å². The second kappa shape index (κ2) is 6.83. The first-order valence-electron chi connectivity index (χ1n) is 7.04. The second-order valence-corrected chi connectivity index (χ2v) is 4.91. The highest BCUT2D eigenvalue weighted by molar-refractivity contribution is 5.92. The zero-order valence-corrected chi connectivity index (χ0v) is 13.0. The third-order valence-corrected chi connectivity index (χ3v) is 3.47. The molecule has 0 saturated heterocycles. The van der Waals surface area contributed by atoms with Crippen molar-refractivity contribution in [2.45, 2.75) is 19.8 Å². The topological polar surface area (TPSA) is 123 Å². The van der Waals surface area contributed by atoms with E-state index in [2.05, 4.69) is 0 Å². The summed E-state index contributed by atoms with van der Waals surface area (Å²) in [5, 5.41) is 30.2. The van der Waals surface area contributed by atoms with Gasteiger partial charge in [-0.05, 0) is 19.4 Å². The van der Waals surface area contributed by atoms with Gasteiger partial charge < -0.3 is 14.6 Å². The van der Waals surface area contributed by atoms with Crippen LogP contribution < -0.4 is 0 Å². The van der Waals surface area contributed by atoms with Crippen LogP contribution in [-0.2, 0) is 14.3 Å². The number of ether oxygens (including phenoxy) is 2. The number of nitro groups is 1. The molecule has 1 N–H and O–H groups in total. The molecule has 1 aromatic rings. The average Bonchev–Trinajstić information content (AvgIpc) is 2.54. The second-order valence-electron chi connectivity index (χ2n) is 4.91. The van der Waals surface area contributed by atoms with Crippen LogP contribution in [0.15, 0.2) is 47.1 Å². The molecule has 1 aliphatic rings. The summed E-state index contributed by atoms with van der Waals surface area (Å²) in [4.78, 5) is 22.7. The van der Waals surface area contributed by atoms with E-state index in [1.54, 1.807) is 13.0 Å². The van der Waals surface area contributed by atoms with E-state index in [4.69, 9.17) is 9.47 Å². The molecule has 0 aromatic heterocycles. The molecule has 1 atom stereocenters. The molecule has 1 unspecified atom stereocenters. The minimum Gasteiger partial charge on any atom is -0.480 e. The molecule has 0 spiro atoms. The summed E-state index contributed by atoms with van der Waals surface area (Å²) >= 11 is 0. The largest absolute Gasteiger partial charge is 0.480 e. The van der Waals surface area contributed by atoms with Crippen LogP contribution in [0.3, 0.4) is 0 Å². The highest BCUT2D eigenvalue weighted by atomic mass is 16.6. The van der Waals surface area contributed by atoms with Gasteiger partial charge >= 0.3 is 5.97 Å². The van der Waals surface area contributed by atoms with E-state index in [0.717, 1.165) is 0 Å². The van der Waals surface area contributed by atoms with Gasteiger partial charge in [-0.2, -0.15) is 5.26 Å². The molecule has 0 fully saturated rings. The summed E-state index contributed by atoms with van der Waals surface area (Å²) < 4.78 is 10.0. The molecule has 0 bridgehead atoms. The maximum Gasteiger partial charge on any atom is 0.338 e. The summed E-state index contributed by atoms with van der Waals surface area (Å²) in [5.41, 5.74) is -0.0921. The molecular formula is C16H14N2O6. The molecular weight excluding hydrogens is 316 g/mol. The lowest BCUT2D eigenvalue weighted by molar-refractivity contribution is -0.384.